The second-order valence-electron chi connectivity index (χ2n) is 6.08. The van der Waals surface area contributed by atoms with Crippen molar-refractivity contribution < 1.29 is 14.6 Å². The van der Waals surface area contributed by atoms with E-state index in [4.69, 9.17) is 4.74 Å². The fraction of sp³-hybridized carbons (Fsp3) is 0.300. The van der Waals surface area contributed by atoms with Crippen LogP contribution in [0.5, 0.6) is 5.75 Å². The molecule has 0 fully saturated rings. The van der Waals surface area contributed by atoms with Crippen molar-refractivity contribution in [2.24, 2.45) is 0 Å². The van der Waals surface area contributed by atoms with Crippen molar-refractivity contribution in [1.82, 2.24) is 9.38 Å². The number of aromatic nitrogens is 2. The largest absolute Gasteiger partial charge is 0.487 e. The first kappa shape index (κ1) is 17.0. The standard InChI is InChI=1S/C20H22N2O3/c1-2-3-9-17(20(23)24)19-18(11-10-16-12-21-14-22(16)19)25-13-15-7-5-4-6-8-15/h4-8,10-12,14,17H,2-3,9,13H2,1H3,(H,23,24). The summed E-state index contributed by atoms with van der Waals surface area (Å²) in [7, 11) is 0. The van der Waals surface area contributed by atoms with Crippen molar-refractivity contribution in [3.05, 3.63) is 66.2 Å². The van der Waals surface area contributed by atoms with E-state index in [0.717, 1.165) is 23.9 Å². The van der Waals surface area contributed by atoms with E-state index < -0.39 is 11.9 Å². The fourth-order valence-corrected chi connectivity index (χ4v) is 2.98. The molecule has 2 heterocycles. The molecule has 25 heavy (non-hydrogen) atoms. The molecule has 3 aromatic rings. The summed E-state index contributed by atoms with van der Waals surface area (Å²) in [5.41, 5.74) is 2.57. The van der Waals surface area contributed by atoms with Crippen LogP contribution in [0.15, 0.2) is 55.0 Å². The summed E-state index contributed by atoms with van der Waals surface area (Å²) in [6.07, 6.45) is 5.75. The topological polar surface area (TPSA) is 63.8 Å². The van der Waals surface area contributed by atoms with Gasteiger partial charge in [0.15, 0.2) is 0 Å². The molecule has 2 aromatic heterocycles. The number of imidazole rings is 1. The number of aliphatic carboxylic acids is 1. The first-order valence-corrected chi connectivity index (χ1v) is 8.55. The summed E-state index contributed by atoms with van der Waals surface area (Å²) in [5, 5.41) is 9.77. The molecule has 0 radical (unpaired) electrons. The molecule has 1 aromatic carbocycles. The van der Waals surface area contributed by atoms with Gasteiger partial charge in [0.1, 0.15) is 18.3 Å². The Morgan fingerprint density at radius 2 is 2.04 bits per heavy atom. The number of hydrogen-bond donors (Lipinski definition) is 1. The quantitative estimate of drug-likeness (QED) is 0.666. The number of benzene rings is 1. The Kier molecular flexibility index (Phi) is 5.33. The van der Waals surface area contributed by atoms with Gasteiger partial charge in [0.2, 0.25) is 0 Å². The third-order valence-corrected chi connectivity index (χ3v) is 4.30. The molecule has 0 bridgehead atoms. The van der Waals surface area contributed by atoms with Gasteiger partial charge in [-0.25, -0.2) is 4.98 Å². The SMILES string of the molecule is CCCCC(C(=O)O)c1c(OCc2ccccc2)ccc2cncn12. The van der Waals surface area contributed by atoms with Gasteiger partial charge in [-0.2, -0.15) is 0 Å². The molecule has 1 N–H and O–H groups in total. The Hall–Kier alpha value is -2.82. The number of carboxylic acids is 1. The monoisotopic (exact) mass is 338 g/mol. The van der Waals surface area contributed by atoms with Crippen molar-refractivity contribution in [3.63, 3.8) is 0 Å². The van der Waals surface area contributed by atoms with E-state index >= 15 is 0 Å². The van der Waals surface area contributed by atoms with E-state index in [9.17, 15) is 9.90 Å². The highest BCUT2D eigenvalue weighted by Crippen LogP contribution is 2.32. The van der Waals surface area contributed by atoms with Crippen molar-refractivity contribution in [1.29, 1.82) is 0 Å². The van der Waals surface area contributed by atoms with Gasteiger partial charge in [0.25, 0.3) is 0 Å². The summed E-state index contributed by atoms with van der Waals surface area (Å²) in [6.45, 7) is 2.46. The average Bonchev–Trinajstić information content (AvgIpc) is 3.10. The van der Waals surface area contributed by atoms with Crippen molar-refractivity contribution in [2.75, 3.05) is 0 Å². The molecule has 0 saturated carbocycles. The lowest BCUT2D eigenvalue weighted by Gasteiger charge is -2.19. The minimum Gasteiger partial charge on any atom is -0.487 e. The van der Waals surface area contributed by atoms with Gasteiger partial charge in [0, 0.05) is 0 Å². The number of rotatable bonds is 8. The number of ether oxygens (including phenoxy) is 1. The molecule has 3 rings (SSSR count). The molecule has 0 amide bonds. The lowest BCUT2D eigenvalue weighted by Crippen LogP contribution is -2.16. The summed E-state index contributed by atoms with van der Waals surface area (Å²) in [6, 6.07) is 13.6. The zero-order chi connectivity index (χ0) is 17.6. The molecule has 0 aliphatic heterocycles. The molecule has 1 atom stereocenters. The van der Waals surface area contributed by atoms with Crippen LogP contribution >= 0.6 is 0 Å². The molecule has 0 spiro atoms. The smallest absolute Gasteiger partial charge is 0.312 e. The maximum atomic E-state index is 11.9. The van der Waals surface area contributed by atoms with Crippen molar-refractivity contribution >= 4 is 11.5 Å². The van der Waals surface area contributed by atoms with Crippen LogP contribution in [-0.2, 0) is 11.4 Å². The highest BCUT2D eigenvalue weighted by atomic mass is 16.5. The average molecular weight is 338 g/mol. The lowest BCUT2D eigenvalue weighted by molar-refractivity contribution is -0.139. The third-order valence-electron chi connectivity index (χ3n) is 4.30. The minimum atomic E-state index is -0.834. The van der Waals surface area contributed by atoms with Gasteiger partial charge in [-0.1, -0.05) is 50.1 Å². The van der Waals surface area contributed by atoms with Gasteiger partial charge in [0.05, 0.1) is 23.7 Å². The Morgan fingerprint density at radius 3 is 2.76 bits per heavy atom. The number of hydrogen-bond acceptors (Lipinski definition) is 3. The number of unbranched alkanes of at least 4 members (excludes halogenated alkanes) is 1. The zero-order valence-electron chi connectivity index (χ0n) is 14.3. The summed E-state index contributed by atoms with van der Waals surface area (Å²) >= 11 is 0. The number of carboxylic acid groups (broad SMARTS) is 1. The van der Waals surface area contributed by atoms with Crippen LogP contribution < -0.4 is 4.74 Å². The Bertz CT molecular complexity index is 843. The Labute approximate surface area is 146 Å². The van der Waals surface area contributed by atoms with Gasteiger partial charge < -0.3 is 9.84 Å². The van der Waals surface area contributed by atoms with Crippen LogP contribution in [-0.4, -0.2) is 20.5 Å². The first-order chi connectivity index (χ1) is 12.2. The fourth-order valence-electron chi connectivity index (χ4n) is 2.98. The second-order valence-corrected chi connectivity index (χ2v) is 6.08. The van der Waals surface area contributed by atoms with Gasteiger partial charge >= 0.3 is 5.97 Å². The highest BCUT2D eigenvalue weighted by molar-refractivity contribution is 5.77. The van der Waals surface area contributed by atoms with Crippen LogP contribution in [0.1, 0.15) is 43.4 Å². The van der Waals surface area contributed by atoms with E-state index in [-0.39, 0.29) is 0 Å². The van der Waals surface area contributed by atoms with Crippen LogP contribution in [0.4, 0.5) is 0 Å². The minimum absolute atomic E-state index is 0.397. The Morgan fingerprint density at radius 1 is 1.24 bits per heavy atom. The van der Waals surface area contributed by atoms with Crippen LogP contribution in [0.25, 0.3) is 5.52 Å². The predicted octanol–water partition coefficient (Wildman–Crippen LogP) is 4.27. The van der Waals surface area contributed by atoms with Gasteiger partial charge in [-0.05, 0) is 24.1 Å². The molecule has 0 aliphatic carbocycles. The highest BCUT2D eigenvalue weighted by Gasteiger charge is 2.26. The van der Waals surface area contributed by atoms with E-state index in [1.165, 1.54) is 0 Å². The van der Waals surface area contributed by atoms with Crippen LogP contribution in [0, 0.1) is 0 Å². The molecule has 130 valence electrons. The molecule has 5 heteroatoms. The lowest BCUT2D eigenvalue weighted by atomic mass is 9.97. The van der Waals surface area contributed by atoms with Crippen molar-refractivity contribution in [2.45, 2.75) is 38.7 Å². The summed E-state index contributed by atoms with van der Waals surface area (Å²) in [4.78, 5) is 16.1. The molecular weight excluding hydrogens is 316 g/mol. The third kappa shape index (κ3) is 3.82. The molecule has 0 saturated heterocycles. The van der Waals surface area contributed by atoms with Gasteiger partial charge in [-0.3, -0.25) is 9.20 Å². The number of nitrogens with zero attached hydrogens (tertiary/aromatic N) is 2. The van der Waals surface area contributed by atoms with E-state index in [1.54, 1.807) is 12.5 Å². The van der Waals surface area contributed by atoms with E-state index in [1.807, 2.05) is 46.9 Å². The van der Waals surface area contributed by atoms with Crippen LogP contribution in [0.3, 0.4) is 0 Å². The molecule has 5 nitrogen and oxygen atoms in total. The first-order valence-electron chi connectivity index (χ1n) is 8.55. The van der Waals surface area contributed by atoms with Crippen LogP contribution in [0.2, 0.25) is 0 Å². The Balaban J connectivity index is 1.97. The number of pyridine rings is 1. The van der Waals surface area contributed by atoms with E-state index in [0.29, 0.717) is 24.5 Å². The van der Waals surface area contributed by atoms with E-state index in [2.05, 4.69) is 11.9 Å². The summed E-state index contributed by atoms with van der Waals surface area (Å²) < 4.78 is 7.83. The molecule has 0 aliphatic rings. The summed E-state index contributed by atoms with van der Waals surface area (Å²) in [5.74, 6) is -0.860. The second kappa shape index (κ2) is 7.83. The molecule has 1 unspecified atom stereocenters. The number of carbonyl (C=O) groups is 1. The normalized spacial score (nSPS) is 12.2. The predicted molar refractivity (Wildman–Crippen MR) is 95.9 cm³/mol. The van der Waals surface area contributed by atoms with Gasteiger partial charge in [-0.15, -0.1) is 0 Å². The molecular formula is C20H22N2O3. The van der Waals surface area contributed by atoms with Crippen molar-refractivity contribution in [3.8, 4) is 5.75 Å². The maximum absolute atomic E-state index is 11.9. The zero-order valence-corrected chi connectivity index (χ0v) is 14.3. The maximum Gasteiger partial charge on any atom is 0.312 e. The number of fused-ring (bicyclic) bond motifs is 1.